The van der Waals surface area contributed by atoms with Crippen molar-refractivity contribution in [3.8, 4) is 0 Å². The maximum atomic E-state index is 13.6. The number of rotatable bonds is 3. The van der Waals surface area contributed by atoms with E-state index in [4.69, 9.17) is 11.6 Å². The predicted molar refractivity (Wildman–Crippen MR) is 72.2 cm³/mol. The summed E-state index contributed by atoms with van der Waals surface area (Å²) >= 11 is 5.86. The highest BCUT2D eigenvalue weighted by Gasteiger charge is 2.66. The molecule has 1 unspecified atom stereocenters. The van der Waals surface area contributed by atoms with Gasteiger partial charge in [-0.25, -0.2) is 4.39 Å². The average molecular weight is 271 g/mol. The van der Waals surface area contributed by atoms with Gasteiger partial charge >= 0.3 is 0 Å². The zero-order valence-corrected chi connectivity index (χ0v) is 12.1. The molecule has 0 bridgehead atoms. The molecule has 0 spiro atoms. The zero-order chi connectivity index (χ0) is 13.7. The minimum atomic E-state index is -0.525. The minimum Gasteiger partial charge on any atom is -0.392 e. The topological polar surface area (TPSA) is 20.2 Å². The molecule has 1 saturated carbocycles. The molecule has 18 heavy (non-hydrogen) atoms. The summed E-state index contributed by atoms with van der Waals surface area (Å²) in [6.07, 6.45) is -0.202. The van der Waals surface area contributed by atoms with Crippen LogP contribution in [0.3, 0.4) is 0 Å². The largest absolute Gasteiger partial charge is 0.392 e. The first kappa shape index (κ1) is 13.8. The standard InChI is InChI=1S/C15H20ClFO/c1-14(2)13(15(14,3)4)12(18)8-9-7-10(16)5-6-11(9)17/h5-7,12-13,18H,8H2,1-4H3. The van der Waals surface area contributed by atoms with Gasteiger partial charge in [0.15, 0.2) is 0 Å². The van der Waals surface area contributed by atoms with E-state index in [1.807, 2.05) is 0 Å². The van der Waals surface area contributed by atoms with E-state index in [9.17, 15) is 9.50 Å². The lowest BCUT2D eigenvalue weighted by Crippen LogP contribution is -2.18. The molecule has 100 valence electrons. The van der Waals surface area contributed by atoms with Crippen LogP contribution in [0.25, 0.3) is 0 Å². The van der Waals surface area contributed by atoms with Crippen molar-refractivity contribution < 1.29 is 9.50 Å². The normalized spacial score (nSPS) is 22.8. The molecule has 2 rings (SSSR count). The number of aliphatic hydroxyl groups excluding tert-OH is 1. The fraction of sp³-hybridized carbons (Fsp3) is 0.600. The smallest absolute Gasteiger partial charge is 0.126 e. The van der Waals surface area contributed by atoms with Crippen LogP contribution in [0.2, 0.25) is 5.02 Å². The van der Waals surface area contributed by atoms with Crippen LogP contribution in [0.1, 0.15) is 33.3 Å². The molecule has 0 saturated heterocycles. The van der Waals surface area contributed by atoms with Gasteiger partial charge in [0, 0.05) is 11.4 Å². The number of aliphatic hydroxyl groups is 1. The summed E-state index contributed by atoms with van der Waals surface area (Å²) < 4.78 is 13.6. The van der Waals surface area contributed by atoms with Crippen molar-refractivity contribution in [3.05, 3.63) is 34.6 Å². The Morgan fingerprint density at radius 1 is 1.28 bits per heavy atom. The van der Waals surface area contributed by atoms with Gasteiger partial charge in [0.2, 0.25) is 0 Å². The van der Waals surface area contributed by atoms with Gasteiger partial charge in [0.25, 0.3) is 0 Å². The average Bonchev–Trinajstić information content (AvgIpc) is 2.63. The maximum Gasteiger partial charge on any atom is 0.126 e. The Morgan fingerprint density at radius 2 is 1.83 bits per heavy atom. The van der Waals surface area contributed by atoms with Crippen LogP contribution in [0.4, 0.5) is 4.39 Å². The SMILES string of the molecule is CC1(C)C(C(O)Cc2cc(Cl)ccc2F)C1(C)C. The first-order valence-electron chi connectivity index (χ1n) is 6.30. The predicted octanol–water partition coefficient (Wildman–Crippen LogP) is 4.06. The second-order valence-electron chi connectivity index (χ2n) is 6.43. The molecule has 0 radical (unpaired) electrons. The van der Waals surface area contributed by atoms with Crippen LogP contribution in [0, 0.1) is 22.6 Å². The lowest BCUT2D eigenvalue weighted by atomic mass is 9.99. The molecule has 1 N–H and O–H groups in total. The third kappa shape index (κ3) is 2.06. The molecule has 1 atom stereocenters. The van der Waals surface area contributed by atoms with E-state index in [0.29, 0.717) is 17.0 Å². The van der Waals surface area contributed by atoms with Gasteiger partial charge in [0.05, 0.1) is 6.10 Å². The van der Waals surface area contributed by atoms with E-state index >= 15 is 0 Å². The van der Waals surface area contributed by atoms with Crippen LogP contribution in [0.5, 0.6) is 0 Å². The van der Waals surface area contributed by atoms with Crippen LogP contribution >= 0.6 is 11.6 Å². The molecule has 0 amide bonds. The van der Waals surface area contributed by atoms with Crippen molar-refractivity contribution in [3.63, 3.8) is 0 Å². The highest BCUT2D eigenvalue weighted by Crippen LogP contribution is 2.69. The summed E-state index contributed by atoms with van der Waals surface area (Å²) in [7, 11) is 0. The van der Waals surface area contributed by atoms with Gasteiger partial charge in [-0.1, -0.05) is 39.3 Å². The van der Waals surface area contributed by atoms with E-state index in [2.05, 4.69) is 27.7 Å². The zero-order valence-electron chi connectivity index (χ0n) is 11.3. The third-order valence-electron chi connectivity index (χ3n) is 4.95. The Balaban J connectivity index is 2.14. The van der Waals surface area contributed by atoms with Gasteiger partial charge in [-0.05, 0) is 40.5 Å². The summed E-state index contributed by atoms with van der Waals surface area (Å²) in [4.78, 5) is 0. The number of benzene rings is 1. The molecular formula is C15H20ClFO. The molecule has 1 nitrogen and oxygen atoms in total. The fourth-order valence-electron chi connectivity index (χ4n) is 3.25. The first-order chi connectivity index (χ1) is 8.18. The molecule has 0 aliphatic heterocycles. The van der Waals surface area contributed by atoms with Gasteiger partial charge in [-0.3, -0.25) is 0 Å². The molecule has 1 aromatic carbocycles. The molecule has 0 aromatic heterocycles. The Kier molecular flexibility index (Phi) is 3.23. The quantitative estimate of drug-likeness (QED) is 0.878. The Hall–Kier alpha value is -0.600. The summed E-state index contributed by atoms with van der Waals surface area (Å²) in [5, 5.41) is 10.8. The van der Waals surface area contributed by atoms with E-state index in [1.165, 1.54) is 12.1 Å². The van der Waals surface area contributed by atoms with E-state index < -0.39 is 6.10 Å². The van der Waals surface area contributed by atoms with E-state index in [-0.39, 0.29) is 22.6 Å². The lowest BCUT2D eigenvalue weighted by molar-refractivity contribution is 0.128. The third-order valence-corrected chi connectivity index (χ3v) is 5.19. The molecule has 1 fully saturated rings. The van der Waals surface area contributed by atoms with E-state index in [1.54, 1.807) is 6.07 Å². The second-order valence-corrected chi connectivity index (χ2v) is 6.86. The number of halogens is 2. The maximum absolute atomic E-state index is 13.6. The van der Waals surface area contributed by atoms with Crippen LogP contribution in [-0.2, 0) is 6.42 Å². The fourth-order valence-corrected chi connectivity index (χ4v) is 3.45. The number of hydrogen-bond donors (Lipinski definition) is 1. The van der Waals surface area contributed by atoms with Crippen LogP contribution < -0.4 is 0 Å². The van der Waals surface area contributed by atoms with Gasteiger partial charge in [-0.2, -0.15) is 0 Å². The summed E-state index contributed by atoms with van der Waals surface area (Å²) in [6, 6.07) is 4.48. The number of hydrogen-bond acceptors (Lipinski definition) is 1. The summed E-state index contributed by atoms with van der Waals surface area (Å²) in [5.41, 5.74) is 0.691. The van der Waals surface area contributed by atoms with Crippen LogP contribution in [-0.4, -0.2) is 11.2 Å². The van der Waals surface area contributed by atoms with Gasteiger partial charge < -0.3 is 5.11 Å². The Bertz CT molecular complexity index is 454. The Morgan fingerprint density at radius 3 is 2.33 bits per heavy atom. The van der Waals surface area contributed by atoms with Crippen molar-refractivity contribution in [2.75, 3.05) is 0 Å². The molecule has 3 heteroatoms. The Labute approximate surface area is 113 Å². The van der Waals surface area contributed by atoms with Crippen molar-refractivity contribution in [1.82, 2.24) is 0 Å². The molecular weight excluding hydrogens is 251 g/mol. The molecule has 0 heterocycles. The summed E-state index contributed by atoms with van der Waals surface area (Å²) in [6.45, 7) is 8.59. The lowest BCUT2D eigenvalue weighted by Gasteiger charge is -2.13. The molecule has 1 aliphatic rings. The highest BCUT2D eigenvalue weighted by molar-refractivity contribution is 6.30. The van der Waals surface area contributed by atoms with Gasteiger partial charge in [-0.15, -0.1) is 0 Å². The van der Waals surface area contributed by atoms with Crippen molar-refractivity contribution in [2.24, 2.45) is 16.7 Å². The minimum absolute atomic E-state index is 0.0987. The van der Waals surface area contributed by atoms with Gasteiger partial charge in [0.1, 0.15) is 5.82 Å². The second kappa shape index (κ2) is 4.21. The van der Waals surface area contributed by atoms with Crippen LogP contribution in [0.15, 0.2) is 18.2 Å². The summed E-state index contributed by atoms with van der Waals surface area (Å²) in [5.74, 6) is -0.0990. The molecule has 1 aromatic rings. The van der Waals surface area contributed by atoms with E-state index in [0.717, 1.165) is 0 Å². The van der Waals surface area contributed by atoms with Crippen molar-refractivity contribution in [2.45, 2.75) is 40.2 Å². The van der Waals surface area contributed by atoms with Crippen molar-refractivity contribution in [1.29, 1.82) is 0 Å². The van der Waals surface area contributed by atoms with Crippen molar-refractivity contribution >= 4 is 11.6 Å². The first-order valence-corrected chi connectivity index (χ1v) is 6.67. The molecule has 1 aliphatic carbocycles. The monoisotopic (exact) mass is 270 g/mol. The highest BCUT2D eigenvalue weighted by atomic mass is 35.5.